The van der Waals surface area contributed by atoms with E-state index in [9.17, 15) is 76.6 Å². The van der Waals surface area contributed by atoms with Crippen LogP contribution in [0.15, 0.2) is 23.8 Å². The van der Waals surface area contributed by atoms with E-state index in [1.165, 1.54) is 0 Å². The van der Waals surface area contributed by atoms with Crippen LogP contribution in [-0.2, 0) is 37.9 Å². The van der Waals surface area contributed by atoms with Gasteiger partial charge in [-0.05, 0) is 90.9 Å². The number of rotatable bonds is 16. The first-order chi connectivity index (χ1) is 34.6. The van der Waals surface area contributed by atoms with Crippen molar-refractivity contribution in [1.29, 1.82) is 0 Å². The molecule has 73 heavy (non-hydrogen) atoms. The van der Waals surface area contributed by atoms with E-state index in [-0.39, 0.29) is 48.0 Å². The molecular weight excluding hydrogens is 969 g/mol. The van der Waals surface area contributed by atoms with Gasteiger partial charge in [0.15, 0.2) is 25.2 Å². The molecule has 23 nitrogen and oxygen atoms in total. The molecule has 0 bridgehead atoms. The zero-order valence-corrected chi connectivity index (χ0v) is 41.9. The minimum Gasteiger partial charge on any atom is -0.396 e. The zero-order chi connectivity index (χ0) is 53.0. The van der Waals surface area contributed by atoms with E-state index < -0.39 is 167 Å². The Kier molecular flexibility index (Phi) is 18.6. The molecular formula is C50H82O23. The average molecular weight is 1050 g/mol. The van der Waals surface area contributed by atoms with Gasteiger partial charge in [-0.1, -0.05) is 45.9 Å². The summed E-state index contributed by atoms with van der Waals surface area (Å²) in [6.45, 7) is 5.56. The molecule has 1 unspecified atom stereocenters. The average Bonchev–Trinajstić information content (AvgIpc) is 3.64. The molecule has 23 heteroatoms. The molecule has 8 aliphatic rings. The lowest BCUT2D eigenvalue weighted by molar-refractivity contribution is -0.397. The molecule has 0 aromatic rings. The molecule has 29 atom stereocenters. The third-order valence-electron chi connectivity index (χ3n) is 18.0. The van der Waals surface area contributed by atoms with Gasteiger partial charge in [0.25, 0.3) is 0 Å². The summed E-state index contributed by atoms with van der Waals surface area (Å²) in [5.41, 5.74) is 0.0355. The van der Waals surface area contributed by atoms with E-state index >= 15 is 0 Å². The van der Waals surface area contributed by atoms with Crippen LogP contribution in [0.2, 0.25) is 0 Å². The minimum atomic E-state index is -1.98. The number of aliphatic hydroxyl groups excluding tert-OH is 15. The first-order valence-corrected chi connectivity index (χ1v) is 26.1. The van der Waals surface area contributed by atoms with Gasteiger partial charge in [-0.2, -0.15) is 0 Å². The van der Waals surface area contributed by atoms with E-state index in [4.69, 9.17) is 37.9 Å². The minimum absolute atomic E-state index is 0.00289. The van der Waals surface area contributed by atoms with E-state index in [0.717, 1.165) is 24.8 Å². The Morgan fingerprint density at radius 1 is 0.630 bits per heavy atom. The van der Waals surface area contributed by atoms with Crippen molar-refractivity contribution in [2.24, 2.45) is 46.3 Å². The summed E-state index contributed by atoms with van der Waals surface area (Å²) in [5.74, 6) is 0.682. The summed E-state index contributed by atoms with van der Waals surface area (Å²) >= 11 is 0. The first-order valence-electron chi connectivity index (χ1n) is 26.1. The molecule has 7 fully saturated rings. The SMILES string of the molecule is CC(C)C/C=C/[C@@H](CO)C1C[C@H](O)[C@H]2[C@@H]3CC=C4[C@@H](O)[C@@H](O[C@@H]5O[C@H](CO)[C@@H](O[C@@H]6O[C@H](CO)[C@H](O)[C@H](O)[C@H]6O)[C@H](O[C@@H]6OC[C@@H](O)[C@@H](O)[C@@H]6O[C@@H]6O[C@H](CO)[C@H](O)[C@H](O)[C@H]6O)[C@H]5O)CC[C@]4(C)[C@H]3CC[C@]12C. The molecule has 8 rings (SSSR count). The number of ether oxygens (including phenoxy) is 8. The largest absolute Gasteiger partial charge is 0.396 e. The Labute approximate surface area is 424 Å². The quantitative estimate of drug-likeness (QED) is 0.0656. The lowest BCUT2D eigenvalue weighted by Crippen LogP contribution is -2.67. The van der Waals surface area contributed by atoms with Gasteiger partial charge in [-0.25, -0.2) is 0 Å². The smallest absolute Gasteiger partial charge is 0.187 e. The van der Waals surface area contributed by atoms with Crippen molar-refractivity contribution >= 4 is 0 Å². The molecule has 0 amide bonds. The van der Waals surface area contributed by atoms with Gasteiger partial charge in [0.1, 0.15) is 97.7 Å². The highest BCUT2D eigenvalue weighted by Crippen LogP contribution is 2.67. The maximum atomic E-state index is 12.3. The van der Waals surface area contributed by atoms with Crippen LogP contribution in [0.5, 0.6) is 0 Å². The van der Waals surface area contributed by atoms with Gasteiger partial charge < -0.3 is 114 Å². The highest BCUT2D eigenvalue weighted by Gasteiger charge is 2.64. The van der Waals surface area contributed by atoms with Crippen molar-refractivity contribution in [3.05, 3.63) is 23.8 Å². The molecule has 4 saturated heterocycles. The summed E-state index contributed by atoms with van der Waals surface area (Å²) in [6.07, 6.45) is -25.8. The van der Waals surface area contributed by atoms with Crippen LogP contribution in [-0.4, -0.2) is 245 Å². The molecule has 0 radical (unpaired) electrons. The number of aliphatic hydroxyl groups is 15. The summed E-state index contributed by atoms with van der Waals surface area (Å²) in [7, 11) is 0. The molecule has 4 heterocycles. The van der Waals surface area contributed by atoms with E-state index in [2.05, 4.69) is 39.8 Å². The predicted molar refractivity (Wildman–Crippen MR) is 248 cm³/mol. The standard InChI is InChI=1S/C50H82O23/c1-20(2)6-5-7-21(15-51)25-14-26(55)32-22-8-9-24-33(57)28(11-13-49(24,3)23(22)10-12-50(25,32)4)67-47-41(65)43(42(31(18-54)70-47)71-45-39(63)37(61)35(59)29(16-52)68-45)72-48-44(34(58)27(56)19-66-48)73-46-40(64)38(62)36(60)30(17-53)69-46/h5,7,9,20-23,25-48,51-65H,6,8,10-19H2,1-4H3/b7-5+/t21-,22+,23-,25?,26-,27+,28-,29+,30+,31+,32+,33+,34+,35-,36-,37-,38-,39+,40+,41+,42+,43+,44-,45-,46-,47+,48-,49+,50+/m0/s1. The van der Waals surface area contributed by atoms with Gasteiger partial charge in [0.2, 0.25) is 0 Å². The fraction of sp³-hybridized carbons (Fsp3) is 0.920. The van der Waals surface area contributed by atoms with Crippen LogP contribution in [0.25, 0.3) is 0 Å². The number of hydrogen-bond acceptors (Lipinski definition) is 23. The number of hydrogen-bond donors (Lipinski definition) is 15. The van der Waals surface area contributed by atoms with Crippen LogP contribution < -0.4 is 0 Å². The van der Waals surface area contributed by atoms with Gasteiger partial charge in [-0.15, -0.1) is 0 Å². The van der Waals surface area contributed by atoms with E-state index in [1.807, 2.05) is 6.08 Å². The summed E-state index contributed by atoms with van der Waals surface area (Å²) < 4.78 is 47.7. The van der Waals surface area contributed by atoms with Crippen molar-refractivity contribution in [2.45, 2.75) is 208 Å². The topological polar surface area (TPSA) is 377 Å². The molecule has 0 aromatic heterocycles. The monoisotopic (exact) mass is 1050 g/mol. The number of allylic oxidation sites excluding steroid dienone is 2. The summed E-state index contributed by atoms with van der Waals surface area (Å²) in [4.78, 5) is 0. The lowest BCUT2D eigenvalue weighted by Gasteiger charge is -2.59. The van der Waals surface area contributed by atoms with Crippen molar-refractivity contribution in [3.63, 3.8) is 0 Å². The second-order valence-electron chi connectivity index (χ2n) is 22.8. The molecule has 4 aliphatic heterocycles. The molecule has 420 valence electrons. The van der Waals surface area contributed by atoms with Crippen molar-refractivity contribution in [1.82, 2.24) is 0 Å². The molecule has 0 spiro atoms. The Hall–Kier alpha value is -1.44. The maximum absolute atomic E-state index is 12.3. The fourth-order valence-electron chi connectivity index (χ4n) is 14.0. The van der Waals surface area contributed by atoms with E-state index in [1.54, 1.807) is 0 Å². The zero-order valence-electron chi connectivity index (χ0n) is 41.9. The highest BCUT2D eigenvalue weighted by molar-refractivity contribution is 5.30. The highest BCUT2D eigenvalue weighted by atomic mass is 16.8. The van der Waals surface area contributed by atoms with E-state index in [0.29, 0.717) is 25.2 Å². The van der Waals surface area contributed by atoms with Gasteiger partial charge >= 0.3 is 0 Å². The number of fused-ring (bicyclic) bond motifs is 5. The third-order valence-corrected chi connectivity index (χ3v) is 18.0. The van der Waals surface area contributed by atoms with Crippen LogP contribution in [0, 0.1) is 46.3 Å². The first kappa shape index (κ1) is 57.7. The van der Waals surface area contributed by atoms with Crippen LogP contribution in [0.4, 0.5) is 0 Å². The van der Waals surface area contributed by atoms with Crippen molar-refractivity contribution in [2.75, 3.05) is 33.0 Å². The lowest BCUT2D eigenvalue weighted by atomic mass is 9.46. The summed E-state index contributed by atoms with van der Waals surface area (Å²) in [6, 6.07) is 0. The Bertz CT molecular complexity index is 1860. The normalized spacial score (nSPS) is 51.9. The van der Waals surface area contributed by atoms with Crippen LogP contribution >= 0.6 is 0 Å². The van der Waals surface area contributed by atoms with Gasteiger partial charge in [0.05, 0.1) is 38.6 Å². The second kappa shape index (κ2) is 23.5. The summed E-state index contributed by atoms with van der Waals surface area (Å²) in [5, 5.41) is 163. The van der Waals surface area contributed by atoms with Gasteiger partial charge in [0, 0.05) is 12.5 Å². The molecule has 3 saturated carbocycles. The molecule has 15 N–H and O–H groups in total. The second-order valence-corrected chi connectivity index (χ2v) is 22.8. The van der Waals surface area contributed by atoms with Crippen LogP contribution in [0.3, 0.4) is 0 Å². The fourth-order valence-corrected chi connectivity index (χ4v) is 14.0. The maximum Gasteiger partial charge on any atom is 0.187 e. The molecule has 4 aliphatic carbocycles. The Morgan fingerprint density at radius 3 is 1.79 bits per heavy atom. The van der Waals surface area contributed by atoms with Crippen molar-refractivity contribution < 1.29 is 114 Å². The van der Waals surface area contributed by atoms with Crippen LogP contribution in [0.1, 0.15) is 72.6 Å². The predicted octanol–water partition coefficient (Wildman–Crippen LogP) is -3.99. The van der Waals surface area contributed by atoms with Crippen molar-refractivity contribution in [3.8, 4) is 0 Å². The molecule has 0 aromatic carbocycles. The van der Waals surface area contributed by atoms with Gasteiger partial charge in [-0.3, -0.25) is 0 Å². The Morgan fingerprint density at radius 2 is 1.21 bits per heavy atom. The third kappa shape index (κ3) is 10.9. The Balaban J connectivity index is 1.04.